The van der Waals surface area contributed by atoms with Crippen molar-refractivity contribution in [2.24, 2.45) is 0 Å². The quantitative estimate of drug-likeness (QED) is 0.477. The van der Waals surface area contributed by atoms with Crippen LogP contribution in [-0.4, -0.2) is 53.1 Å². The van der Waals surface area contributed by atoms with Crippen molar-refractivity contribution in [1.29, 1.82) is 0 Å². The van der Waals surface area contributed by atoms with Crippen molar-refractivity contribution < 1.29 is 9.13 Å². The number of aryl methyl sites for hydroxylation is 1. The number of benzene rings is 2. The zero-order valence-corrected chi connectivity index (χ0v) is 18.1. The number of piperazine rings is 1. The maximum absolute atomic E-state index is 14.8. The summed E-state index contributed by atoms with van der Waals surface area (Å²) < 4.78 is 20.6. The van der Waals surface area contributed by atoms with E-state index in [4.69, 9.17) is 4.74 Å². The molecule has 0 bridgehead atoms. The standard InChI is InChI=1S/C24H25FN6O/c1-16-12-19-20(28-16)6-7-21(24(19)25)32-23-14-22(26-15-27-23)29-17-4-3-5-18(13-17)31-10-8-30(2)9-11-31/h3-7,12-15,28H,8-11H2,1-2H3,(H,26,27,29). The van der Waals surface area contributed by atoms with Crippen molar-refractivity contribution in [3.05, 3.63) is 66.4 Å². The second-order valence-corrected chi connectivity index (χ2v) is 8.10. The van der Waals surface area contributed by atoms with Gasteiger partial charge in [-0.1, -0.05) is 6.07 Å². The Labute approximate surface area is 185 Å². The summed E-state index contributed by atoms with van der Waals surface area (Å²) in [6.45, 7) is 6.00. The Balaban J connectivity index is 1.33. The van der Waals surface area contributed by atoms with Crippen molar-refractivity contribution in [3.8, 4) is 11.6 Å². The molecule has 8 heteroatoms. The van der Waals surface area contributed by atoms with Crippen LogP contribution >= 0.6 is 0 Å². The van der Waals surface area contributed by atoms with Gasteiger partial charge in [0.05, 0.1) is 0 Å². The number of nitrogens with one attached hydrogen (secondary N) is 2. The number of H-pyrrole nitrogens is 1. The van der Waals surface area contributed by atoms with Crippen LogP contribution in [0.1, 0.15) is 5.69 Å². The van der Waals surface area contributed by atoms with E-state index in [0.717, 1.165) is 43.1 Å². The third kappa shape index (κ3) is 4.22. The van der Waals surface area contributed by atoms with Gasteiger partial charge in [0.15, 0.2) is 11.6 Å². The van der Waals surface area contributed by atoms with Gasteiger partial charge in [-0.2, -0.15) is 0 Å². The van der Waals surface area contributed by atoms with Gasteiger partial charge in [-0.25, -0.2) is 14.4 Å². The van der Waals surface area contributed by atoms with Gasteiger partial charge in [0.2, 0.25) is 5.88 Å². The number of aromatic amines is 1. The van der Waals surface area contributed by atoms with E-state index in [1.54, 1.807) is 24.3 Å². The topological polar surface area (TPSA) is 69.3 Å². The predicted molar refractivity (Wildman–Crippen MR) is 125 cm³/mol. The summed E-state index contributed by atoms with van der Waals surface area (Å²) in [5.74, 6) is 0.547. The summed E-state index contributed by atoms with van der Waals surface area (Å²) >= 11 is 0. The summed E-state index contributed by atoms with van der Waals surface area (Å²) in [5, 5.41) is 3.79. The highest BCUT2D eigenvalue weighted by Gasteiger charge is 2.15. The highest BCUT2D eigenvalue weighted by atomic mass is 19.1. The number of aromatic nitrogens is 3. The molecule has 1 fully saturated rings. The molecule has 2 aromatic carbocycles. The Hall–Kier alpha value is -3.65. The van der Waals surface area contributed by atoms with Gasteiger partial charge >= 0.3 is 0 Å². The zero-order chi connectivity index (χ0) is 22.1. The van der Waals surface area contributed by atoms with Crippen LogP contribution in [0.2, 0.25) is 0 Å². The molecule has 0 radical (unpaired) electrons. The third-order valence-electron chi connectivity index (χ3n) is 5.68. The van der Waals surface area contributed by atoms with Crippen molar-refractivity contribution in [1.82, 2.24) is 19.9 Å². The second kappa shape index (κ2) is 8.47. The number of nitrogens with zero attached hydrogens (tertiary/aromatic N) is 4. The Morgan fingerprint density at radius 3 is 2.72 bits per heavy atom. The molecule has 1 aliphatic heterocycles. The summed E-state index contributed by atoms with van der Waals surface area (Å²) in [6, 6.07) is 15.1. The summed E-state index contributed by atoms with van der Waals surface area (Å²) in [4.78, 5) is 16.3. The molecule has 3 heterocycles. The van der Waals surface area contributed by atoms with E-state index in [0.29, 0.717) is 11.2 Å². The fraction of sp³-hybridized carbons (Fsp3) is 0.250. The summed E-state index contributed by atoms with van der Waals surface area (Å²) in [6.07, 6.45) is 1.40. The molecule has 0 amide bonds. The lowest BCUT2D eigenvalue weighted by atomic mass is 10.2. The first-order chi connectivity index (χ1) is 15.5. The Kier molecular flexibility index (Phi) is 5.36. The fourth-order valence-electron chi connectivity index (χ4n) is 3.94. The molecule has 164 valence electrons. The number of hydrogen-bond acceptors (Lipinski definition) is 6. The number of likely N-dealkylation sites (N-methyl/N-ethyl adjacent to an activating group) is 1. The molecule has 0 unspecified atom stereocenters. The van der Waals surface area contributed by atoms with E-state index in [1.807, 2.05) is 19.1 Å². The molecule has 0 atom stereocenters. The fourth-order valence-corrected chi connectivity index (χ4v) is 3.94. The van der Waals surface area contributed by atoms with Gasteiger partial charge in [0.1, 0.15) is 12.1 Å². The van der Waals surface area contributed by atoms with Crippen LogP contribution < -0.4 is 15.0 Å². The molecule has 0 saturated carbocycles. The smallest absolute Gasteiger partial charge is 0.224 e. The van der Waals surface area contributed by atoms with E-state index in [9.17, 15) is 4.39 Å². The summed E-state index contributed by atoms with van der Waals surface area (Å²) in [5.41, 5.74) is 3.72. The SMILES string of the molecule is Cc1cc2c(F)c(Oc3cc(Nc4cccc(N5CCN(C)CC5)c4)ncn3)ccc2[nH]1. The van der Waals surface area contributed by atoms with Gasteiger partial charge in [0.25, 0.3) is 0 Å². The first-order valence-corrected chi connectivity index (χ1v) is 10.6. The molecule has 1 saturated heterocycles. The monoisotopic (exact) mass is 432 g/mol. The van der Waals surface area contributed by atoms with Crippen LogP contribution in [-0.2, 0) is 0 Å². The highest BCUT2D eigenvalue weighted by molar-refractivity contribution is 5.82. The molecule has 0 aliphatic carbocycles. The Morgan fingerprint density at radius 1 is 1.03 bits per heavy atom. The number of anilines is 3. The minimum atomic E-state index is -0.417. The van der Waals surface area contributed by atoms with Crippen LogP contribution in [0.15, 0.2) is 54.9 Å². The first-order valence-electron chi connectivity index (χ1n) is 10.6. The minimum Gasteiger partial charge on any atom is -0.436 e. The number of halogens is 1. The molecule has 7 nitrogen and oxygen atoms in total. The lowest BCUT2D eigenvalue weighted by molar-refractivity contribution is 0.313. The van der Waals surface area contributed by atoms with Gasteiger partial charge in [-0.15, -0.1) is 0 Å². The van der Waals surface area contributed by atoms with Crippen molar-refractivity contribution >= 4 is 28.1 Å². The number of rotatable bonds is 5. The van der Waals surface area contributed by atoms with E-state index in [2.05, 4.69) is 49.2 Å². The molecular formula is C24H25FN6O. The number of hydrogen-bond donors (Lipinski definition) is 2. The van der Waals surface area contributed by atoms with E-state index in [1.165, 1.54) is 12.0 Å². The first kappa shape index (κ1) is 20.3. The highest BCUT2D eigenvalue weighted by Crippen LogP contribution is 2.31. The molecule has 2 N–H and O–H groups in total. The minimum absolute atomic E-state index is 0.123. The number of fused-ring (bicyclic) bond motifs is 1. The predicted octanol–water partition coefficient (Wildman–Crippen LogP) is 4.69. The number of ether oxygens (including phenoxy) is 1. The van der Waals surface area contributed by atoms with E-state index >= 15 is 0 Å². The average Bonchev–Trinajstić information content (AvgIpc) is 3.18. The largest absolute Gasteiger partial charge is 0.436 e. The maximum atomic E-state index is 14.8. The zero-order valence-electron chi connectivity index (χ0n) is 18.1. The molecule has 5 rings (SSSR count). The molecular weight excluding hydrogens is 407 g/mol. The van der Waals surface area contributed by atoms with Gasteiger partial charge in [-0.05, 0) is 50.4 Å². The van der Waals surface area contributed by atoms with Gasteiger partial charge in [0, 0.05) is 60.2 Å². The lowest BCUT2D eigenvalue weighted by Crippen LogP contribution is -2.44. The van der Waals surface area contributed by atoms with Crippen LogP contribution in [0, 0.1) is 12.7 Å². The second-order valence-electron chi connectivity index (χ2n) is 8.10. The van der Waals surface area contributed by atoms with Gasteiger partial charge in [-0.3, -0.25) is 0 Å². The van der Waals surface area contributed by atoms with Crippen LogP contribution in [0.5, 0.6) is 11.6 Å². The molecule has 32 heavy (non-hydrogen) atoms. The molecule has 1 aliphatic rings. The summed E-state index contributed by atoms with van der Waals surface area (Å²) in [7, 11) is 2.15. The van der Waals surface area contributed by atoms with Gasteiger partial charge < -0.3 is 24.8 Å². The Bertz CT molecular complexity index is 1250. The van der Waals surface area contributed by atoms with Crippen LogP contribution in [0.4, 0.5) is 21.6 Å². The Morgan fingerprint density at radius 2 is 1.88 bits per heavy atom. The lowest BCUT2D eigenvalue weighted by Gasteiger charge is -2.34. The maximum Gasteiger partial charge on any atom is 0.224 e. The van der Waals surface area contributed by atoms with Crippen molar-refractivity contribution in [3.63, 3.8) is 0 Å². The third-order valence-corrected chi connectivity index (χ3v) is 5.68. The van der Waals surface area contributed by atoms with Crippen LogP contribution in [0.3, 0.4) is 0 Å². The molecule has 0 spiro atoms. The molecule has 2 aromatic heterocycles. The van der Waals surface area contributed by atoms with Crippen molar-refractivity contribution in [2.45, 2.75) is 6.92 Å². The normalized spacial score (nSPS) is 14.7. The molecule has 4 aromatic rings. The average molecular weight is 433 g/mol. The van der Waals surface area contributed by atoms with Crippen molar-refractivity contribution in [2.75, 3.05) is 43.4 Å². The van der Waals surface area contributed by atoms with E-state index < -0.39 is 5.82 Å². The van der Waals surface area contributed by atoms with E-state index in [-0.39, 0.29) is 11.6 Å². The van der Waals surface area contributed by atoms with Crippen LogP contribution in [0.25, 0.3) is 10.9 Å².